The van der Waals surface area contributed by atoms with Crippen LogP contribution in [0.1, 0.15) is 110 Å². The number of nitrogens with zero attached hydrogens (tertiary/aromatic N) is 3. The molecule has 0 aliphatic heterocycles. The van der Waals surface area contributed by atoms with E-state index in [1.807, 2.05) is 6.92 Å². The molecule has 0 aromatic carbocycles. The molecule has 0 spiro atoms. The van der Waals surface area contributed by atoms with Gasteiger partial charge in [0.25, 0.3) is 0 Å². The minimum atomic E-state index is -0.00815. The average molecular weight is 409 g/mol. The smallest absolute Gasteiger partial charge is 0.239 e. The predicted octanol–water partition coefficient (Wildman–Crippen LogP) is 5.87. The van der Waals surface area contributed by atoms with Gasteiger partial charge in [-0.3, -0.25) is 4.99 Å². The summed E-state index contributed by atoms with van der Waals surface area (Å²) in [5.74, 6) is 0.386. The molecule has 0 atom stereocenters. The summed E-state index contributed by atoms with van der Waals surface area (Å²) in [6.45, 7) is 5.33. The maximum Gasteiger partial charge on any atom is 0.239 e. The first-order chi connectivity index (χ1) is 14.2. The van der Waals surface area contributed by atoms with Gasteiger partial charge < -0.3 is 15.7 Å². The Labute approximate surface area is 177 Å². The molecule has 0 unspecified atom stereocenters. The van der Waals surface area contributed by atoms with Crippen LogP contribution in [-0.2, 0) is 0 Å². The Hall–Kier alpha value is -1.72. The van der Waals surface area contributed by atoms with Crippen LogP contribution in [0.5, 0.6) is 5.88 Å². The molecule has 0 bridgehead atoms. The quantitative estimate of drug-likeness (QED) is 0.235. The van der Waals surface area contributed by atoms with Crippen LogP contribution in [0.4, 0.5) is 5.95 Å². The Bertz CT molecular complexity index is 587. The summed E-state index contributed by atoms with van der Waals surface area (Å²) in [4.78, 5) is 8.38. The first-order valence-corrected chi connectivity index (χ1v) is 11.9. The Morgan fingerprint density at radius 2 is 1.34 bits per heavy atom. The second kappa shape index (κ2) is 17.2. The number of nitrogen functional groups attached to an aromatic ring is 1. The molecule has 6 nitrogen and oxygen atoms in total. The molecular weight excluding hydrogens is 364 g/mol. The van der Waals surface area contributed by atoms with E-state index in [2.05, 4.69) is 16.9 Å². The molecule has 0 aliphatic rings. The Morgan fingerprint density at radius 3 is 1.83 bits per heavy atom. The van der Waals surface area contributed by atoms with E-state index in [0.717, 1.165) is 11.2 Å². The lowest BCUT2D eigenvalue weighted by Crippen LogP contribution is -2.23. The molecule has 6 heteroatoms. The van der Waals surface area contributed by atoms with Crippen LogP contribution in [0.15, 0.2) is 11.1 Å². The Kier molecular flexibility index (Phi) is 15.0. The summed E-state index contributed by atoms with van der Waals surface area (Å²) < 4.78 is 6.15. The summed E-state index contributed by atoms with van der Waals surface area (Å²) in [5.41, 5.74) is 6.07. The zero-order valence-corrected chi connectivity index (χ0v) is 18.9. The van der Waals surface area contributed by atoms with Crippen molar-refractivity contribution in [2.75, 3.05) is 18.9 Å². The zero-order chi connectivity index (χ0) is 21.2. The minimum absolute atomic E-state index is 0.00815. The maximum atomic E-state index is 9.90. The van der Waals surface area contributed by atoms with Crippen LogP contribution in [0.25, 0.3) is 0 Å². The normalized spacial score (nSPS) is 11.9. The van der Waals surface area contributed by atoms with E-state index in [1.165, 1.54) is 89.9 Å². The first-order valence-electron chi connectivity index (χ1n) is 11.9. The van der Waals surface area contributed by atoms with E-state index in [4.69, 9.17) is 10.5 Å². The summed E-state index contributed by atoms with van der Waals surface area (Å²) in [6.07, 6.45) is 20.2. The van der Waals surface area contributed by atoms with Crippen molar-refractivity contribution in [3.05, 3.63) is 11.6 Å². The number of anilines is 1. The van der Waals surface area contributed by atoms with Gasteiger partial charge in [-0.05, 0) is 13.3 Å². The van der Waals surface area contributed by atoms with Crippen LogP contribution in [0.2, 0.25) is 0 Å². The number of unbranched alkanes of at least 4 members (excludes halogenated alkanes) is 14. The molecule has 1 rings (SSSR count). The van der Waals surface area contributed by atoms with Gasteiger partial charge in [0, 0.05) is 12.6 Å². The Morgan fingerprint density at radius 1 is 0.862 bits per heavy atom. The molecule has 1 aromatic rings. The number of aromatic nitrogens is 2. The van der Waals surface area contributed by atoms with Gasteiger partial charge >= 0.3 is 0 Å². The summed E-state index contributed by atoms with van der Waals surface area (Å²) in [6, 6.07) is 1.62. The molecular formula is C23H44N4O2. The molecule has 3 N–H and O–H groups in total. The summed E-state index contributed by atoms with van der Waals surface area (Å²) in [7, 11) is 0. The van der Waals surface area contributed by atoms with Crippen molar-refractivity contribution in [2.45, 2.75) is 110 Å². The molecule has 0 saturated carbocycles. The molecule has 0 saturated heterocycles. The zero-order valence-electron chi connectivity index (χ0n) is 18.9. The van der Waals surface area contributed by atoms with Crippen molar-refractivity contribution in [3.63, 3.8) is 0 Å². The predicted molar refractivity (Wildman–Crippen MR) is 120 cm³/mol. The molecule has 29 heavy (non-hydrogen) atoms. The fourth-order valence-corrected chi connectivity index (χ4v) is 3.49. The highest BCUT2D eigenvalue weighted by molar-refractivity contribution is 5.21. The number of ether oxygens (including phenoxy) is 1. The van der Waals surface area contributed by atoms with Crippen molar-refractivity contribution in [3.8, 4) is 5.88 Å². The van der Waals surface area contributed by atoms with Gasteiger partial charge in [-0.2, -0.15) is 4.98 Å². The summed E-state index contributed by atoms with van der Waals surface area (Å²) in [5, 5.41) is 9.90. The lowest BCUT2D eigenvalue weighted by atomic mass is 10.0. The fourth-order valence-electron chi connectivity index (χ4n) is 3.49. The highest BCUT2D eigenvalue weighted by atomic mass is 16.5. The van der Waals surface area contributed by atoms with Gasteiger partial charge in [-0.15, -0.1) is 4.73 Å². The van der Waals surface area contributed by atoms with E-state index in [-0.39, 0.29) is 5.95 Å². The largest absolute Gasteiger partial charge is 0.478 e. The van der Waals surface area contributed by atoms with Crippen LogP contribution < -0.4 is 16.0 Å². The maximum absolute atomic E-state index is 9.90. The average Bonchev–Trinajstić information content (AvgIpc) is 2.71. The van der Waals surface area contributed by atoms with Crippen molar-refractivity contribution in [2.24, 2.45) is 4.99 Å². The van der Waals surface area contributed by atoms with E-state index in [9.17, 15) is 5.21 Å². The van der Waals surface area contributed by atoms with E-state index >= 15 is 0 Å². The highest BCUT2D eigenvalue weighted by Gasteiger charge is 2.03. The third-order valence-corrected chi connectivity index (χ3v) is 5.24. The minimum Gasteiger partial charge on any atom is -0.478 e. The second-order valence-electron chi connectivity index (χ2n) is 7.89. The number of rotatable bonds is 18. The SMILES string of the molecule is CCCCCCCCCCCCCCCCCN=c1cc(OCC)nc(N)n1O. The van der Waals surface area contributed by atoms with Gasteiger partial charge in [0.2, 0.25) is 11.8 Å². The van der Waals surface area contributed by atoms with Crippen molar-refractivity contribution < 1.29 is 9.94 Å². The van der Waals surface area contributed by atoms with Crippen molar-refractivity contribution in [1.29, 1.82) is 0 Å². The molecule has 0 aliphatic carbocycles. The monoisotopic (exact) mass is 408 g/mol. The van der Waals surface area contributed by atoms with Gasteiger partial charge in [-0.25, -0.2) is 0 Å². The molecule has 1 aromatic heterocycles. The Balaban J connectivity index is 2.00. The first kappa shape index (κ1) is 25.3. The lowest BCUT2D eigenvalue weighted by Gasteiger charge is -2.06. The van der Waals surface area contributed by atoms with Gasteiger partial charge in [0.1, 0.15) is 0 Å². The van der Waals surface area contributed by atoms with Crippen LogP contribution in [0, 0.1) is 0 Å². The van der Waals surface area contributed by atoms with Gasteiger partial charge in [-0.1, -0.05) is 96.8 Å². The lowest BCUT2D eigenvalue weighted by molar-refractivity contribution is 0.172. The standard InChI is InChI=1S/C23H44N4O2/c1-3-5-6-7-8-9-10-11-12-13-14-15-16-17-18-19-25-21-20-22(29-4-2)26-23(24)27(21)28/h20,28H,3-19H2,1-2H3,(H2,24,26). The van der Waals surface area contributed by atoms with Crippen LogP contribution in [0.3, 0.4) is 0 Å². The van der Waals surface area contributed by atoms with Crippen molar-refractivity contribution in [1.82, 2.24) is 9.71 Å². The van der Waals surface area contributed by atoms with E-state index in [1.54, 1.807) is 6.07 Å². The number of hydrogen-bond donors (Lipinski definition) is 2. The van der Waals surface area contributed by atoms with Crippen molar-refractivity contribution >= 4 is 5.95 Å². The third kappa shape index (κ3) is 12.4. The molecule has 1 heterocycles. The third-order valence-electron chi connectivity index (χ3n) is 5.24. The second-order valence-corrected chi connectivity index (χ2v) is 7.89. The number of nitrogens with two attached hydrogens (primary N) is 1. The van der Waals surface area contributed by atoms with Gasteiger partial charge in [0.05, 0.1) is 6.61 Å². The molecule has 168 valence electrons. The molecule has 0 radical (unpaired) electrons. The topological polar surface area (TPSA) is 85.7 Å². The fraction of sp³-hybridized carbons (Fsp3) is 0.826. The molecule has 0 fully saturated rings. The molecule has 0 amide bonds. The van der Waals surface area contributed by atoms with E-state index in [0.29, 0.717) is 24.5 Å². The van der Waals surface area contributed by atoms with Gasteiger partial charge in [0.15, 0.2) is 5.49 Å². The number of hydrogen-bond acceptors (Lipinski definition) is 5. The summed E-state index contributed by atoms with van der Waals surface area (Å²) >= 11 is 0. The van der Waals surface area contributed by atoms with Crippen LogP contribution in [-0.4, -0.2) is 28.1 Å². The highest BCUT2D eigenvalue weighted by Crippen LogP contribution is 2.13. The van der Waals surface area contributed by atoms with E-state index < -0.39 is 0 Å². The van der Waals surface area contributed by atoms with Crippen LogP contribution >= 0.6 is 0 Å².